The molecule has 1 aromatic carbocycles. The van der Waals surface area contributed by atoms with E-state index in [0.717, 1.165) is 57.6 Å². The van der Waals surface area contributed by atoms with Gasteiger partial charge in [-0.3, -0.25) is 9.69 Å². The quantitative estimate of drug-likeness (QED) is 0.616. The Morgan fingerprint density at radius 3 is 2.41 bits per heavy atom. The van der Waals surface area contributed by atoms with Gasteiger partial charge in [0.25, 0.3) is 0 Å². The number of morpholine rings is 1. The first-order valence-electron chi connectivity index (χ1n) is 11.0. The molecular formula is C25H36N2O2. The van der Waals surface area contributed by atoms with Crippen LogP contribution in [0.1, 0.15) is 56.3 Å². The van der Waals surface area contributed by atoms with E-state index in [0.29, 0.717) is 0 Å². The van der Waals surface area contributed by atoms with E-state index in [1.54, 1.807) is 0 Å². The van der Waals surface area contributed by atoms with E-state index in [2.05, 4.69) is 47.9 Å². The lowest BCUT2D eigenvalue weighted by Crippen LogP contribution is -2.51. The Balaban J connectivity index is 1.83. The van der Waals surface area contributed by atoms with E-state index in [-0.39, 0.29) is 5.78 Å². The van der Waals surface area contributed by atoms with Crippen molar-refractivity contribution in [3.8, 4) is 0 Å². The first kappa shape index (κ1) is 21.8. The van der Waals surface area contributed by atoms with Gasteiger partial charge in [-0.1, -0.05) is 30.2 Å². The van der Waals surface area contributed by atoms with Gasteiger partial charge in [0, 0.05) is 24.3 Å². The Hall–Kier alpha value is -1.91. The highest BCUT2D eigenvalue weighted by atomic mass is 16.5. The predicted octanol–water partition coefficient (Wildman–Crippen LogP) is 4.86. The number of allylic oxidation sites excluding steroid dienone is 3. The molecular weight excluding hydrogens is 360 g/mol. The molecule has 1 aliphatic carbocycles. The second-order valence-electron chi connectivity index (χ2n) is 8.62. The van der Waals surface area contributed by atoms with Crippen LogP contribution in [0, 0.1) is 0 Å². The molecule has 1 saturated heterocycles. The van der Waals surface area contributed by atoms with Gasteiger partial charge in [-0.05, 0) is 77.4 Å². The van der Waals surface area contributed by atoms with Gasteiger partial charge < -0.3 is 9.64 Å². The maximum Gasteiger partial charge on any atom is 0.183 e. The van der Waals surface area contributed by atoms with Crippen molar-refractivity contribution in [2.45, 2.75) is 51.5 Å². The van der Waals surface area contributed by atoms with Gasteiger partial charge in [0.15, 0.2) is 5.78 Å². The fraction of sp³-hybridized carbons (Fsp3) is 0.560. The smallest absolute Gasteiger partial charge is 0.183 e. The van der Waals surface area contributed by atoms with Crippen molar-refractivity contribution in [3.05, 3.63) is 53.1 Å². The van der Waals surface area contributed by atoms with Crippen LogP contribution in [0.25, 0.3) is 0 Å². The normalized spacial score (nSPS) is 20.0. The van der Waals surface area contributed by atoms with Crippen LogP contribution in [0.3, 0.4) is 0 Å². The average Bonchev–Trinajstić information content (AvgIpc) is 2.96. The molecule has 0 aromatic heterocycles. The zero-order valence-corrected chi connectivity index (χ0v) is 18.5. The standard InChI is InChI=1S/C25H36N2O2/c1-5-25(26(3)4,19-21-8-6-7-20(2)9-10-21)24(28)22-11-13-23(14-12-22)27-15-17-29-18-16-27/h9-14H,5-8,15-19H2,1-4H3. The number of likely N-dealkylation sites (N-methyl/N-ethyl adjacent to an activating group) is 1. The number of Topliss-reactive ketones (excluding diaryl/α,β-unsaturated/α-hetero) is 1. The Morgan fingerprint density at radius 1 is 1.10 bits per heavy atom. The summed E-state index contributed by atoms with van der Waals surface area (Å²) in [5, 5.41) is 0. The zero-order valence-electron chi connectivity index (χ0n) is 18.5. The minimum absolute atomic E-state index is 0.226. The lowest BCUT2D eigenvalue weighted by Gasteiger charge is -2.39. The first-order chi connectivity index (χ1) is 14.0. The van der Waals surface area contributed by atoms with Crippen molar-refractivity contribution in [2.75, 3.05) is 45.3 Å². The highest BCUT2D eigenvalue weighted by molar-refractivity contribution is 6.03. The molecule has 1 aliphatic heterocycles. The second-order valence-corrected chi connectivity index (χ2v) is 8.62. The number of hydrogen-bond donors (Lipinski definition) is 0. The largest absolute Gasteiger partial charge is 0.378 e. The zero-order chi connectivity index (χ0) is 20.9. The van der Waals surface area contributed by atoms with Crippen LogP contribution < -0.4 is 4.90 Å². The molecule has 4 nitrogen and oxygen atoms in total. The van der Waals surface area contributed by atoms with Crippen LogP contribution in [0.5, 0.6) is 0 Å². The average molecular weight is 397 g/mol. The molecule has 0 radical (unpaired) electrons. The summed E-state index contributed by atoms with van der Waals surface area (Å²) in [7, 11) is 4.09. The maximum absolute atomic E-state index is 13.7. The molecule has 0 bridgehead atoms. The molecule has 158 valence electrons. The van der Waals surface area contributed by atoms with Crippen LogP contribution >= 0.6 is 0 Å². The van der Waals surface area contributed by atoms with Gasteiger partial charge in [0.2, 0.25) is 0 Å². The summed E-state index contributed by atoms with van der Waals surface area (Å²) in [6, 6.07) is 8.19. The molecule has 0 spiro atoms. The molecule has 29 heavy (non-hydrogen) atoms. The molecule has 1 unspecified atom stereocenters. The van der Waals surface area contributed by atoms with E-state index < -0.39 is 5.54 Å². The second kappa shape index (κ2) is 9.73. The molecule has 0 saturated carbocycles. The minimum atomic E-state index is -0.502. The van der Waals surface area contributed by atoms with Crippen LogP contribution in [-0.2, 0) is 4.74 Å². The number of rotatable bonds is 7. The summed E-state index contributed by atoms with van der Waals surface area (Å²) in [5.74, 6) is 0.226. The maximum atomic E-state index is 13.7. The summed E-state index contributed by atoms with van der Waals surface area (Å²) in [6.07, 6.45) is 9.48. The summed E-state index contributed by atoms with van der Waals surface area (Å²) < 4.78 is 5.45. The fourth-order valence-corrected chi connectivity index (χ4v) is 4.50. The van der Waals surface area contributed by atoms with Crippen LogP contribution in [0.2, 0.25) is 0 Å². The number of ether oxygens (including phenoxy) is 1. The SMILES string of the molecule is CCC(CC1=CC=C(C)CCC1)(C(=O)c1ccc(N2CCOCC2)cc1)N(C)C. The minimum Gasteiger partial charge on any atom is -0.378 e. The first-order valence-corrected chi connectivity index (χ1v) is 11.0. The van der Waals surface area contributed by atoms with Crippen molar-refractivity contribution < 1.29 is 9.53 Å². The lowest BCUT2D eigenvalue weighted by molar-refractivity contribution is 0.0664. The number of nitrogens with zero attached hydrogens (tertiary/aromatic N) is 2. The predicted molar refractivity (Wildman–Crippen MR) is 121 cm³/mol. The third-order valence-electron chi connectivity index (χ3n) is 6.56. The third-order valence-corrected chi connectivity index (χ3v) is 6.56. The number of anilines is 1. The number of benzene rings is 1. The summed E-state index contributed by atoms with van der Waals surface area (Å²) in [4.78, 5) is 18.2. The van der Waals surface area contributed by atoms with Crippen molar-refractivity contribution in [2.24, 2.45) is 0 Å². The fourth-order valence-electron chi connectivity index (χ4n) is 4.50. The molecule has 0 amide bonds. The van der Waals surface area contributed by atoms with Crippen molar-refractivity contribution in [3.63, 3.8) is 0 Å². The van der Waals surface area contributed by atoms with Crippen molar-refractivity contribution in [1.82, 2.24) is 4.90 Å². The summed E-state index contributed by atoms with van der Waals surface area (Å²) >= 11 is 0. The van der Waals surface area contributed by atoms with E-state index in [4.69, 9.17) is 4.74 Å². The Bertz CT molecular complexity index is 758. The van der Waals surface area contributed by atoms with Gasteiger partial charge in [0.1, 0.15) is 0 Å². The molecule has 1 atom stereocenters. The number of ketones is 1. The van der Waals surface area contributed by atoms with Crippen LogP contribution in [0.4, 0.5) is 5.69 Å². The van der Waals surface area contributed by atoms with Gasteiger partial charge in [0.05, 0.1) is 18.8 Å². The van der Waals surface area contributed by atoms with E-state index >= 15 is 0 Å². The molecule has 3 rings (SSSR count). The molecule has 2 aliphatic rings. The van der Waals surface area contributed by atoms with Crippen LogP contribution in [-0.4, -0.2) is 56.6 Å². The van der Waals surface area contributed by atoms with Crippen molar-refractivity contribution >= 4 is 11.5 Å². The molecule has 0 N–H and O–H groups in total. The number of carbonyl (C=O) groups excluding carboxylic acids is 1. The van der Waals surface area contributed by atoms with Crippen LogP contribution in [0.15, 0.2) is 47.6 Å². The van der Waals surface area contributed by atoms with Crippen molar-refractivity contribution in [1.29, 1.82) is 0 Å². The highest BCUT2D eigenvalue weighted by Gasteiger charge is 2.40. The molecule has 1 fully saturated rings. The topological polar surface area (TPSA) is 32.8 Å². The number of carbonyl (C=O) groups is 1. The summed E-state index contributed by atoms with van der Waals surface area (Å²) in [6.45, 7) is 7.68. The lowest BCUT2D eigenvalue weighted by atomic mass is 9.79. The molecule has 1 aromatic rings. The van der Waals surface area contributed by atoms with Gasteiger partial charge >= 0.3 is 0 Å². The van der Waals surface area contributed by atoms with Gasteiger partial charge in [-0.2, -0.15) is 0 Å². The van der Waals surface area contributed by atoms with E-state index in [9.17, 15) is 4.79 Å². The third kappa shape index (κ3) is 4.99. The monoisotopic (exact) mass is 396 g/mol. The molecule has 1 heterocycles. The Labute approximate surface area is 176 Å². The van der Waals surface area contributed by atoms with E-state index in [1.165, 1.54) is 23.3 Å². The Kier molecular flexibility index (Phi) is 7.31. The number of hydrogen-bond acceptors (Lipinski definition) is 4. The highest BCUT2D eigenvalue weighted by Crippen LogP contribution is 2.33. The van der Waals surface area contributed by atoms with Gasteiger partial charge in [-0.25, -0.2) is 0 Å². The van der Waals surface area contributed by atoms with Gasteiger partial charge in [-0.15, -0.1) is 0 Å². The van der Waals surface area contributed by atoms with E-state index in [1.807, 2.05) is 26.2 Å². The Morgan fingerprint density at radius 2 is 1.79 bits per heavy atom. The summed E-state index contributed by atoms with van der Waals surface area (Å²) in [5.41, 5.74) is 4.29. The molecule has 4 heteroatoms.